The van der Waals surface area contributed by atoms with E-state index in [1.807, 2.05) is 0 Å². The van der Waals surface area contributed by atoms with Gasteiger partial charge in [-0.2, -0.15) is 0 Å². The molecule has 0 aromatic rings. The van der Waals surface area contributed by atoms with Crippen LogP contribution in [-0.4, -0.2) is 76.3 Å². The summed E-state index contributed by atoms with van der Waals surface area (Å²) in [5.74, 6) is -0.254. The Balaban J connectivity index is 4.36. The van der Waals surface area contributed by atoms with E-state index in [0.717, 1.165) is 49.9 Å². The molecule has 0 aliphatic heterocycles. The molecule has 0 heterocycles. The van der Waals surface area contributed by atoms with Gasteiger partial charge in [-0.05, 0) is 25.7 Å². The fourth-order valence-electron chi connectivity index (χ4n) is 2.85. The summed E-state index contributed by atoms with van der Waals surface area (Å²) in [7, 11) is -2.43. The number of ether oxygens (including phenoxy) is 2. The third-order valence-corrected chi connectivity index (χ3v) is 4.60. The molecule has 0 rings (SSSR count). The standard InChI is InChI=1S/C15H33NO5S/c1-4-8-16(9-5-2,11-12-21-14-13-20-3)10-6-7-15-22(17,18)19/h4-15H2,1-3H3. The normalized spacial score (nSPS) is 12.7. The van der Waals surface area contributed by atoms with Crippen molar-refractivity contribution in [2.45, 2.75) is 39.5 Å². The second-order valence-electron chi connectivity index (χ2n) is 5.81. The minimum absolute atomic E-state index is 0.254. The number of methoxy groups -OCH3 is 1. The van der Waals surface area contributed by atoms with Gasteiger partial charge in [-0.3, -0.25) is 0 Å². The molecule has 0 bridgehead atoms. The molecule has 22 heavy (non-hydrogen) atoms. The predicted octanol–water partition coefficient (Wildman–Crippen LogP) is 1.61. The molecule has 0 unspecified atom stereocenters. The second kappa shape index (κ2) is 12.2. The smallest absolute Gasteiger partial charge is 0.102 e. The number of nitrogens with zero attached hydrogens (tertiary/aromatic N) is 1. The summed E-state index contributed by atoms with van der Waals surface area (Å²) in [5.41, 5.74) is 0. The zero-order valence-electron chi connectivity index (χ0n) is 14.4. The summed E-state index contributed by atoms with van der Waals surface area (Å²) >= 11 is 0. The van der Waals surface area contributed by atoms with E-state index in [-0.39, 0.29) is 5.75 Å². The van der Waals surface area contributed by atoms with Gasteiger partial charge in [0.25, 0.3) is 0 Å². The van der Waals surface area contributed by atoms with E-state index in [0.29, 0.717) is 26.2 Å². The molecule has 0 aliphatic carbocycles. The highest BCUT2D eigenvalue weighted by atomic mass is 32.2. The molecule has 0 aliphatic rings. The summed E-state index contributed by atoms with van der Waals surface area (Å²) in [6, 6.07) is 0. The number of unbranched alkanes of at least 4 members (excludes halogenated alkanes) is 1. The fraction of sp³-hybridized carbons (Fsp3) is 1.00. The average molecular weight is 339 g/mol. The third-order valence-electron chi connectivity index (χ3n) is 3.81. The van der Waals surface area contributed by atoms with Crippen LogP contribution in [0.1, 0.15) is 39.5 Å². The van der Waals surface area contributed by atoms with Crippen molar-refractivity contribution in [3.05, 3.63) is 0 Å². The van der Waals surface area contributed by atoms with E-state index in [1.54, 1.807) is 7.11 Å². The number of quaternary nitrogens is 1. The topological polar surface area (TPSA) is 75.7 Å². The van der Waals surface area contributed by atoms with Gasteiger partial charge < -0.3 is 18.5 Å². The van der Waals surface area contributed by atoms with Crippen molar-refractivity contribution in [3.63, 3.8) is 0 Å². The van der Waals surface area contributed by atoms with Crippen LogP contribution in [0.3, 0.4) is 0 Å². The van der Waals surface area contributed by atoms with Gasteiger partial charge in [-0.1, -0.05) is 13.8 Å². The van der Waals surface area contributed by atoms with Gasteiger partial charge in [-0.15, -0.1) is 0 Å². The molecular formula is C15H33NO5S. The van der Waals surface area contributed by atoms with E-state index in [2.05, 4.69) is 13.8 Å². The zero-order valence-corrected chi connectivity index (χ0v) is 15.2. The van der Waals surface area contributed by atoms with E-state index in [9.17, 15) is 13.0 Å². The van der Waals surface area contributed by atoms with Crippen molar-refractivity contribution in [1.82, 2.24) is 0 Å². The van der Waals surface area contributed by atoms with Gasteiger partial charge in [0.2, 0.25) is 0 Å². The van der Waals surface area contributed by atoms with Crippen molar-refractivity contribution >= 4 is 10.1 Å². The van der Waals surface area contributed by atoms with Crippen molar-refractivity contribution in [2.24, 2.45) is 0 Å². The molecule has 0 radical (unpaired) electrons. The first-order valence-electron chi connectivity index (χ1n) is 8.24. The zero-order chi connectivity index (χ0) is 16.9. The highest BCUT2D eigenvalue weighted by Crippen LogP contribution is 2.13. The average Bonchev–Trinajstić information content (AvgIpc) is 2.43. The molecule has 0 aromatic heterocycles. The fourth-order valence-corrected chi connectivity index (χ4v) is 3.41. The van der Waals surface area contributed by atoms with Gasteiger partial charge in [0.1, 0.15) is 6.54 Å². The lowest BCUT2D eigenvalue weighted by Crippen LogP contribution is -2.52. The lowest BCUT2D eigenvalue weighted by molar-refractivity contribution is -0.928. The summed E-state index contributed by atoms with van der Waals surface area (Å²) in [6.07, 6.45) is 3.37. The lowest BCUT2D eigenvalue weighted by atomic mass is 10.2. The van der Waals surface area contributed by atoms with Crippen molar-refractivity contribution in [2.75, 3.05) is 58.9 Å². The number of hydrogen-bond donors (Lipinski definition) is 0. The number of rotatable bonds is 15. The molecule has 0 saturated heterocycles. The van der Waals surface area contributed by atoms with E-state index >= 15 is 0 Å². The van der Waals surface area contributed by atoms with Gasteiger partial charge in [0.15, 0.2) is 0 Å². The lowest BCUT2D eigenvalue weighted by Gasteiger charge is -2.38. The van der Waals surface area contributed by atoms with Crippen LogP contribution >= 0.6 is 0 Å². The van der Waals surface area contributed by atoms with Gasteiger partial charge >= 0.3 is 0 Å². The molecule has 0 spiro atoms. The molecule has 0 saturated carbocycles. The Morgan fingerprint density at radius 3 is 2.05 bits per heavy atom. The van der Waals surface area contributed by atoms with Crippen LogP contribution < -0.4 is 0 Å². The van der Waals surface area contributed by atoms with Crippen molar-refractivity contribution in [1.29, 1.82) is 0 Å². The predicted molar refractivity (Wildman–Crippen MR) is 86.8 cm³/mol. The summed E-state index contributed by atoms with van der Waals surface area (Å²) in [6.45, 7) is 10.2. The SMILES string of the molecule is CCC[N+](CCC)(CCCCS(=O)(=O)[O-])CCOCCOC. The minimum Gasteiger partial charge on any atom is -0.748 e. The van der Waals surface area contributed by atoms with Gasteiger partial charge in [-0.25, -0.2) is 8.42 Å². The van der Waals surface area contributed by atoms with E-state index < -0.39 is 10.1 Å². The maximum absolute atomic E-state index is 10.7. The Labute approximate surface area is 136 Å². The van der Waals surface area contributed by atoms with E-state index in [4.69, 9.17) is 9.47 Å². The van der Waals surface area contributed by atoms with Crippen LogP contribution in [0, 0.1) is 0 Å². The largest absolute Gasteiger partial charge is 0.748 e. The molecule has 7 heteroatoms. The first kappa shape index (κ1) is 21.8. The Kier molecular flexibility index (Phi) is 12.1. The Morgan fingerprint density at radius 2 is 1.55 bits per heavy atom. The monoisotopic (exact) mass is 339 g/mol. The first-order chi connectivity index (χ1) is 10.4. The Bertz CT molecular complexity index is 353. The van der Waals surface area contributed by atoms with Crippen LogP contribution in [0.15, 0.2) is 0 Å². The van der Waals surface area contributed by atoms with E-state index in [1.165, 1.54) is 0 Å². The highest BCUT2D eigenvalue weighted by Gasteiger charge is 2.24. The van der Waals surface area contributed by atoms with Gasteiger partial charge in [0, 0.05) is 12.9 Å². The summed E-state index contributed by atoms with van der Waals surface area (Å²) < 4.78 is 43.6. The quantitative estimate of drug-likeness (QED) is 0.257. The molecule has 6 nitrogen and oxygen atoms in total. The van der Waals surface area contributed by atoms with Gasteiger partial charge in [0.05, 0.1) is 49.6 Å². The molecule has 0 N–H and O–H groups in total. The molecule has 0 fully saturated rings. The summed E-state index contributed by atoms with van der Waals surface area (Å²) in [4.78, 5) is 0. The highest BCUT2D eigenvalue weighted by molar-refractivity contribution is 7.85. The van der Waals surface area contributed by atoms with Crippen LogP contribution in [-0.2, 0) is 19.6 Å². The second-order valence-corrected chi connectivity index (χ2v) is 7.33. The van der Waals surface area contributed by atoms with Crippen LogP contribution in [0.4, 0.5) is 0 Å². The Hall–Kier alpha value is -0.210. The molecule has 134 valence electrons. The van der Waals surface area contributed by atoms with Crippen LogP contribution in [0.25, 0.3) is 0 Å². The molecule has 0 atom stereocenters. The molecule has 0 amide bonds. The minimum atomic E-state index is -4.09. The maximum Gasteiger partial charge on any atom is 0.102 e. The number of hydrogen-bond acceptors (Lipinski definition) is 5. The molecule has 0 aromatic carbocycles. The van der Waals surface area contributed by atoms with Crippen LogP contribution in [0.2, 0.25) is 0 Å². The maximum atomic E-state index is 10.7. The molecular weight excluding hydrogens is 306 g/mol. The first-order valence-corrected chi connectivity index (χ1v) is 9.82. The van der Waals surface area contributed by atoms with Crippen molar-refractivity contribution < 1.29 is 26.9 Å². The van der Waals surface area contributed by atoms with Crippen LogP contribution in [0.5, 0.6) is 0 Å². The summed E-state index contributed by atoms with van der Waals surface area (Å²) in [5, 5.41) is 0. The third kappa shape index (κ3) is 11.4. The van der Waals surface area contributed by atoms with Crippen molar-refractivity contribution in [3.8, 4) is 0 Å². The Morgan fingerprint density at radius 1 is 0.909 bits per heavy atom.